The van der Waals surface area contributed by atoms with Crippen molar-refractivity contribution in [1.82, 2.24) is 0 Å². The van der Waals surface area contributed by atoms with E-state index in [0.29, 0.717) is 5.75 Å². The van der Waals surface area contributed by atoms with Gasteiger partial charge in [0.25, 0.3) is 10.0 Å². The van der Waals surface area contributed by atoms with Gasteiger partial charge in [-0.1, -0.05) is 6.07 Å². The highest BCUT2D eigenvalue weighted by Gasteiger charge is 2.30. The van der Waals surface area contributed by atoms with E-state index >= 15 is 0 Å². The fourth-order valence-electron chi connectivity index (χ4n) is 1.99. The molecule has 0 spiro atoms. The Morgan fingerprint density at radius 2 is 1.92 bits per heavy atom. The SMILES string of the molecule is COC(=O)CN(c1ccc(OC)cc1OC)S(=O)(=O)c1cccs1. The summed E-state index contributed by atoms with van der Waals surface area (Å²) in [6, 6.07) is 7.75. The average molecular weight is 371 g/mol. The molecule has 0 saturated carbocycles. The number of carbonyl (C=O) groups is 1. The molecule has 0 fully saturated rings. The summed E-state index contributed by atoms with van der Waals surface area (Å²) in [7, 11) is 0.158. The maximum absolute atomic E-state index is 12.9. The first kappa shape index (κ1) is 18.1. The molecule has 0 radical (unpaired) electrons. The number of carbonyl (C=O) groups excluding carboxylic acids is 1. The van der Waals surface area contributed by atoms with Crippen molar-refractivity contribution < 1.29 is 27.4 Å². The summed E-state index contributed by atoms with van der Waals surface area (Å²) in [6.07, 6.45) is 0. The van der Waals surface area contributed by atoms with E-state index in [9.17, 15) is 13.2 Å². The molecular formula is C15H17NO6S2. The predicted octanol–water partition coefficient (Wildman–Crippen LogP) is 2.13. The second-order valence-electron chi connectivity index (χ2n) is 4.56. The number of hydrogen-bond acceptors (Lipinski definition) is 7. The van der Waals surface area contributed by atoms with Crippen LogP contribution < -0.4 is 13.8 Å². The van der Waals surface area contributed by atoms with Crippen molar-refractivity contribution in [2.45, 2.75) is 4.21 Å². The van der Waals surface area contributed by atoms with Crippen molar-refractivity contribution in [2.24, 2.45) is 0 Å². The summed E-state index contributed by atoms with van der Waals surface area (Å²) in [5.74, 6) is 0.0773. The van der Waals surface area contributed by atoms with Crippen LogP contribution in [-0.2, 0) is 19.6 Å². The topological polar surface area (TPSA) is 82.1 Å². The zero-order valence-corrected chi connectivity index (χ0v) is 15.0. The van der Waals surface area contributed by atoms with Gasteiger partial charge in [0.2, 0.25) is 0 Å². The molecule has 1 heterocycles. The Hall–Kier alpha value is -2.26. The summed E-state index contributed by atoms with van der Waals surface area (Å²) < 4.78 is 41.9. The molecule has 0 amide bonds. The van der Waals surface area contributed by atoms with Gasteiger partial charge in [-0.15, -0.1) is 11.3 Å². The zero-order chi connectivity index (χ0) is 17.7. The van der Waals surface area contributed by atoms with Crippen LogP contribution in [0.25, 0.3) is 0 Å². The van der Waals surface area contributed by atoms with Crippen LogP contribution in [0.2, 0.25) is 0 Å². The molecule has 7 nitrogen and oxygen atoms in total. The van der Waals surface area contributed by atoms with Crippen LogP contribution in [0.5, 0.6) is 11.5 Å². The number of thiophene rings is 1. The Kier molecular flexibility index (Phi) is 5.68. The van der Waals surface area contributed by atoms with Gasteiger partial charge >= 0.3 is 5.97 Å². The van der Waals surface area contributed by atoms with Crippen LogP contribution in [-0.4, -0.2) is 42.3 Å². The van der Waals surface area contributed by atoms with Crippen LogP contribution in [0.3, 0.4) is 0 Å². The van der Waals surface area contributed by atoms with E-state index in [1.54, 1.807) is 23.6 Å². The number of methoxy groups -OCH3 is 3. The summed E-state index contributed by atoms with van der Waals surface area (Å²) in [6.45, 7) is -0.473. The maximum Gasteiger partial charge on any atom is 0.326 e. The van der Waals surface area contributed by atoms with E-state index in [1.807, 2.05) is 0 Å². The Balaban J connectivity index is 2.57. The van der Waals surface area contributed by atoms with Crippen molar-refractivity contribution in [3.8, 4) is 11.5 Å². The molecule has 0 bridgehead atoms. The van der Waals surface area contributed by atoms with Crippen LogP contribution >= 0.6 is 11.3 Å². The monoisotopic (exact) mass is 371 g/mol. The van der Waals surface area contributed by atoms with E-state index in [2.05, 4.69) is 4.74 Å². The molecule has 9 heteroatoms. The first-order valence-electron chi connectivity index (χ1n) is 6.79. The highest BCUT2D eigenvalue weighted by atomic mass is 32.2. The van der Waals surface area contributed by atoms with Crippen LogP contribution in [0, 0.1) is 0 Å². The molecule has 1 aromatic carbocycles. The summed E-state index contributed by atoms with van der Waals surface area (Å²) in [5, 5.41) is 1.65. The fourth-order valence-corrected chi connectivity index (χ4v) is 4.52. The highest BCUT2D eigenvalue weighted by Crippen LogP contribution is 2.36. The van der Waals surface area contributed by atoms with Crippen LogP contribution in [0.15, 0.2) is 39.9 Å². The molecule has 0 atom stereocenters. The normalized spacial score (nSPS) is 11.0. The second kappa shape index (κ2) is 7.54. The highest BCUT2D eigenvalue weighted by molar-refractivity contribution is 7.94. The summed E-state index contributed by atoms with van der Waals surface area (Å²) in [4.78, 5) is 11.7. The third-order valence-corrected chi connectivity index (χ3v) is 6.33. The quantitative estimate of drug-likeness (QED) is 0.694. The average Bonchev–Trinajstić information content (AvgIpc) is 3.14. The second-order valence-corrected chi connectivity index (χ2v) is 7.59. The van der Waals surface area contributed by atoms with E-state index in [-0.39, 0.29) is 15.6 Å². The molecule has 2 rings (SSSR count). The number of hydrogen-bond donors (Lipinski definition) is 0. The fraction of sp³-hybridized carbons (Fsp3) is 0.267. The van der Waals surface area contributed by atoms with Gasteiger partial charge in [0.1, 0.15) is 22.3 Å². The van der Waals surface area contributed by atoms with Gasteiger partial charge in [0.05, 0.1) is 27.0 Å². The van der Waals surface area contributed by atoms with Crippen molar-refractivity contribution in [1.29, 1.82) is 0 Å². The molecule has 1 aromatic heterocycles. The van der Waals surface area contributed by atoms with Gasteiger partial charge in [-0.2, -0.15) is 0 Å². The van der Waals surface area contributed by atoms with Gasteiger partial charge in [0.15, 0.2) is 0 Å². The molecule has 2 aromatic rings. The number of anilines is 1. The summed E-state index contributed by atoms with van der Waals surface area (Å²) >= 11 is 1.06. The van der Waals surface area contributed by atoms with Gasteiger partial charge in [-0.25, -0.2) is 8.42 Å². The van der Waals surface area contributed by atoms with E-state index in [4.69, 9.17) is 9.47 Å². The summed E-state index contributed by atoms with van der Waals surface area (Å²) in [5.41, 5.74) is 0.220. The lowest BCUT2D eigenvalue weighted by Gasteiger charge is -2.24. The molecule has 0 aliphatic heterocycles. The molecule has 0 unspecified atom stereocenters. The zero-order valence-electron chi connectivity index (χ0n) is 13.4. The van der Waals surface area contributed by atoms with Crippen molar-refractivity contribution in [2.75, 3.05) is 32.2 Å². The van der Waals surface area contributed by atoms with E-state index in [1.165, 1.54) is 33.5 Å². The molecular weight excluding hydrogens is 354 g/mol. The van der Waals surface area contributed by atoms with Crippen LogP contribution in [0.4, 0.5) is 5.69 Å². The van der Waals surface area contributed by atoms with Crippen molar-refractivity contribution in [3.63, 3.8) is 0 Å². The van der Waals surface area contributed by atoms with Gasteiger partial charge in [0, 0.05) is 6.07 Å². The standard InChI is InChI=1S/C15H17NO6S2/c1-20-11-6-7-12(13(9-11)21-2)16(10-14(17)22-3)24(18,19)15-5-4-8-23-15/h4-9H,10H2,1-3H3. The lowest BCUT2D eigenvalue weighted by molar-refractivity contribution is -0.138. The minimum atomic E-state index is -3.94. The van der Waals surface area contributed by atoms with Gasteiger partial charge < -0.3 is 14.2 Å². The Labute approximate surface area is 144 Å². The molecule has 0 aliphatic carbocycles. The smallest absolute Gasteiger partial charge is 0.326 e. The minimum absolute atomic E-state index is 0.115. The lowest BCUT2D eigenvalue weighted by atomic mass is 10.2. The van der Waals surface area contributed by atoms with E-state index < -0.39 is 22.5 Å². The Morgan fingerprint density at radius 3 is 2.46 bits per heavy atom. The van der Waals surface area contributed by atoms with Crippen LogP contribution in [0.1, 0.15) is 0 Å². The lowest BCUT2D eigenvalue weighted by Crippen LogP contribution is -2.36. The number of benzene rings is 1. The molecule has 130 valence electrons. The third-order valence-electron chi connectivity index (χ3n) is 3.20. The first-order chi connectivity index (χ1) is 11.4. The van der Waals surface area contributed by atoms with Gasteiger partial charge in [-0.3, -0.25) is 9.10 Å². The number of sulfonamides is 1. The minimum Gasteiger partial charge on any atom is -0.497 e. The Morgan fingerprint density at radius 1 is 1.17 bits per heavy atom. The third kappa shape index (κ3) is 3.62. The van der Waals surface area contributed by atoms with Crippen molar-refractivity contribution in [3.05, 3.63) is 35.7 Å². The maximum atomic E-state index is 12.9. The number of esters is 1. The van der Waals surface area contributed by atoms with E-state index in [0.717, 1.165) is 15.6 Å². The number of rotatable bonds is 7. The van der Waals surface area contributed by atoms with Gasteiger partial charge in [-0.05, 0) is 23.6 Å². The predicted molar refractivity (Wildman–Crippen MR) is 90.4 cm³/mol. The molecule has 24 heavy (non-hydrogen) atoms. The van der Waals surface area contributed by atoms with Crippen molar-refractivity contribution >= 4 is 33.0 Å². The molecule has 0 aliphatic rings. The first-order valence-corrected chi connectivity index (χ1v) is 9.11. The number of ether oxygens (including phenoxy) is 3. The molecule has 0 saturated heterocycles. The number of nitrogens with zero attached hydrogens (tertiary/aromatic N) is 1. The largest absolute Gasteiger partial charge is 0.497 e. The molecule has 0 N–H and O–H groups in total. The Bertz CT molecular complexity index is 801.